The molecule has 0 unspecified atom stereocenters. The van der Waals surface area contributed by atoms with Gasteiger partial charge in [0.2, 0.25) is 0 Å². The Morgan fingerprint density at radius 1 is 1.18 bits per heavy atom. The van der Waals surface area contributed by atoms with Crippen molar-refractivity contribution in [1.82, 2.24) is 14.4 Å². The van der Waals surface area contributed by atoms with E-state index in [0.717, 1.165) is 26.2 Å². The Hall–Kier alpha value is -0.710. The first-order chi connectivity index (χ1) is 8.00. The minimum Gasteiger partial charge on any atom is -0.335 e. The molecule has 2 heterocycles. The Morgan fingerprint density at radius 2 is 1.76 bits per heavy atom. The van der Waals surface area contributed by atoms with Gasteiger partial charge in [-0.3, -0.25) is 4.79 Å². The Kier molecular flexibility index (Phi) is 3.66. The van der Waals surface area contributed by atoms with Crippen molar-refractivity contribution in [3.8, 4) is 0 Å². The number of hydrogen-bond acceptors (Lipinski definition) is 2. The summed E-state index contributed by atoms with van der Waals surface area (Å²) < 4.78 is 1.63. The van der Waals surface area contributed by atoms with E-state index in [-0.39, 0.29) is 5.91 Å². The number of likely N-dealkylation sites (N-methyl/N-ethyl adjacent to an activating group) is 1. The Balaban J connectivity index is 2.17. The molecule has 1 aromatic heterocycles. The number of piperazine rings is 1. The monoisotopic (exact) mass is 275 g/mol. The molecule has 0 saturated carbocycles. The SMILES string of the molecule is CN1CCN(C(=O)c2cc(Cl)c(Cl)n2C)CC1. The average molecular weight is 276 g/mol. The van der Waals surface area contributed by atoms with Gasteiger partial charge < -0.3 is 14.4 Å². The predicted molar refractivity (Wildman–Crippen MR) is 68.8 cm³/mol. The van der Waals surface area contributed by atoms with Gasteiger partial charge in [0.15, 0.2) is 0 Å². The van der Waals surface area contributed by atoms with Crippen LogP contribution in [0.1, 0.15) is 10.5 Å². The molecule has 1 saturated heterocycles. The van der Waals surface area contributed by atoms with Crippen molar-refractivity contribution in [2.45, 2.75) is 0 Å². The number of halogens is 2. The van der Waals surface area contributed by atoms with Crippen molar-refractivity contribution in [3.05, 3.63) is 21.9 Å². The molecule has 17 heavy (non-hydrogen) atoms. The Labute approximate surface area is 111 Å². The normalized spacial score (nSPS) is 17.5. The van der Waals surface area contributed by atoms with Gasteiger partial charge in [0, 0.05) is 33.2 Å². The van der Waals surface area contributed by atoms with Crippen LogP contribution in [0.4, 0.5) is 0 Å². The molecular formula is C11H15Cl2N3O. The van der Waals surface area contributed by atoms with Crippen molar-refractivity contribution in [2.24, 2.45) is 7.05 Å². The first-order valence-electron chi connectivity index (χ1n) is 5.49. The maximum atomic E-state index is 12.3. The highest BCUT2D eigenvalue weighted by Gasteiger charge is 2.24. The summed E-state index contributed by atoms with van der Waals surface area (Å²) in [6.45, 7) is 3.29. The summed E-state index contributed by atoms with van der Waals surface area (Å²) in [5.74, 6) is -0.00519. The number of rotatable bonds is 1. The van der Waals surface area contributed by atoms with Crippen LogP contribution in [0.15, 0.2) is 6.07 Å². The molecule has 0 atom stereocenters. The fraction of sp³-hybridized carbons (Fsp3) is 0.545. The van der Waals surface area contributed by atoms with E-state index in [0.29, 0.717) is 15.9 Å². The highest BCUT2D eigenvalue weighted by Crippen LogP contribution is 2.26. The van der Waals surface area contributed by atoms with Crippen molar-refractivity contribution in [3.63, 3.8) is 0 Å². The van der Waals surface area contributed by atoms with Crippen LogP contribution in [-0.2, 0) is 7.05 Å². The lowest BCUT2D eigenvalue weighted by molar-refractivity contribution is 0.0654. The molecule has 0 radical (unpaired) electrons. The molecule has 2 rings (SSSR count). The summed E-state index contributed by atoms with van der Waals surface area (Å²) in [4.78, 5) is 16.3. The largest absolute Gasteiger partial charge is 0.335 e. The maximum Gasteiger partial charge on any atom is 0.270 e. The van der Waals surface area contributed by atoms with E-state index in [1.807, 2.05) is 4.90 Å². The van der Waals surface area contributed by atoms with Gasteiger partial charge in [-0.2, -0.15) is 0 Å². The number of hydrogen-bond donors (Lipinski definition) is 0. The number of nitrogens with zero attached hydrogens (tertiary/aromatic N) is 3. The van der Waals surface area contributed by atoms with Gasteiger partial charge in [-0.1, -0.05) is 23.2 Å². The summed E-state index contributed by atoms with van der Waals surface area (Å²) in [5, 5.41) is 0.829. The zero-order valence-electron chi connectivity index (χ0n) is 9.91. The number of carbonyl (C=O) groups is 1. The van der Waals surface area contributed by atoms with Crippen LogP contribution in [0.5, 0.6) is 0 Å². The van der Waals surface area contributed by atoms with Crippen molar-refractivity contribution >= 4 is 29.1 Å². The third-order valence-electron chi connectivity index (χ3n) is 3.13. The summed E-state index contributed by atoms with van der Waals surface area (Å²) in [6.07, 6.45) is 0. The molecule has 0 aromatic carbocycles. The Morgan fingerprint density at radius 3 is 2.24 bits per heavy atom. The minimum absolute atomic E-state index is 0.00519. The van der Waals surface area contributed by atoms with Crippen LogP contribution < -0.4 is 0 Å². The fourth-order valence-corrected chi connectivity index (χ4v) is 2.29. The second-order valence-corrected chi connectivity index (χ2v) is 5.09. The van der Waals surface area contributed by atoms with E-state index >= 15 is 0 Å². The first kappa shape index (κ1) is 12.7. The highest BCUT2D eigenvalue weighted by molar-refractivity contribution is 6.41. The van der Waals surface area contributed by atoms with E-state index in [9.17, 15) is 4.79 Å². The van der Waals surface area contributed by atoms with Crippen LogP contribution in [0, 0.1) is 0 Å². The lowest BCUT2D eigenvalue weighted by Crippen LogP contribution is -2.47. The zero-order valence-corrected chi connectivity index (χ0v) is 11.4. The molecule has 1 aliphatic heterocycles. The van der Waals surface area contributed by atoms with E-state index in [4.69, 9.17) is 23.2 Å². The molecular weight excluding hydrogens is 261 g/mol. The van der Waals surface area contributed by atoms with Crippen molar-refractivity contribution in [1.29, 1.82) is 0 Å². The van der Waals surface area contributed by atoms with Gasteiger partial charge in [-0.15, -0.1) is 0 Å². The summed E-state index contributed by atoms with van der Waals surface area (Å²) in [7, 11) is 3.80. The number of amides is 1. The number of carbonyl (C=O) groups excluding carboxylic acids is 1. The van der Waals surface area contributed by atoms with Crippen LogP contribution >= 0.6 is 23.2 Å². The van der Waals surface area contributed by atoms with Crippen LogP contribution in [0.3, 0.4) is 0 Å². The van der Waals surface area contributed by atoms with E-state index in [1.165, 1.54) is 0 Å². The van der Waals surface area contributed by atoms with Gasteiger partial charge >= 0.3 is 0 Å². The third kappa shape index (κ3) is 2.44. The van der Waals surface area contributed by atoms with E-state index in [1.54, 1.807) is 17.7 Å². The third-order valence-corrected chi connectivity index (χ3v) is 3.97. The van der Waals surface area contributed by atoms with Crippen molar-refractivity contribution < 1.29 is 4.79 Å². The zero-order chi connectivity index (χ0) is 12.6. The molecule has 1 aliphatic rings. The molecule has 1 amide bonds. The van der Waals surface area contributed by atoms with Crippen LogP contribution in [-0.4, -0.2) is 53.5 Å². The van der Waals surface area contributed by atoms with Gasteiger partial charge in [0.1, 0.15) is 10.8 Å². The minimum atomic E-state index is -0.00519. The molecule has 0 spiro atoms. The second kappa shape index (κ2) is 4.88. The lowest BCUT2D eigenvalue weighted by atomic mass is 10.3. The summed E-state index contributed by atoms with van der Waals surface area (Å²) in [6, 6.07) is 1.63. The highest BCUT2D eigenvalue weighted by atomic mass is 35.5. The predicted octanol–water partition coefficient (Wildman–Crippen LogP) is 1.72. The standard InChI is InChI=1S/C11H15Cl2N3O/c1-14-3-5-16(6-4-14)11(17)9-7-8(12)10(13)15(9)2/h7H,3-6H2,1-2H3. The van der Waals surface area contributed by atoms with Gasteiger partial charge in [-0.25, -0.2) is 0 Å². The quantitative estimate of drug-likeness (QED) is 0.781. The van der Waals surface area contributed by atoms with Crippen LogP contribution in [0.2, 0.25) is 10.2 Å². The lowest BCUT2D eigenvalue weighted by Gasteiger charge is -2.32. The molecule has 6 heteroatoms. The Bertz CT molecular complexity index is 436. The second-order valence-electron chi connectivity index (χ2n) is 4.32. The smallest absolute Gasteiger partial charge is 0.270 e. The molecule has 0 bridgehead atoms. The summed E-state index contributed by atoms with van der Waals surface area (Å²) >= 11 is 11.9. The van der Waals surface area contributed by atoms with Gasteiger partial charge in [-0.05, 0) is 13.1 Å². The van der Waals surface area contributed by atoms with E-state index in [2.05, 4.69) is 11.9 Å². The fourth-order valence-electron chi connectivity index (χ4n) is 1.92. The molecule has 4 nitrogen and oxygen atoms in total. The first-order valence-corrected chi connectivity index (χ1v) is 6.25. The molecule has 1 aromatic rings. The van der Waals surface area contributed by atoms with Gasteiger partial charge in [0.25, 0.3) is 5.91 Å². The number of aromatic nitrogens is 1. The molecule has 1 fully saturated rings. The van der Waals surface area contributed by atoms with Crippen LogP contribution in [0.25, 0.3) is 0 Å². The molecule has 0 N–H and O–H groups in total. The average Bonchev–Trinajstić information content (AvgIpc) is 2.57. The van der Waals surface area contributed by atoms with Crippen molar-refractivity contribution in [2.75, 3.05) is 33.2 Å². The maximum absolute atomic E-state index is 12.3. The topological polar surface area (TPSA) is 28.5 Å². The summed E-state index contributed by atoms with van der Waals surface area (Å²) in [5.41, 5.74) is 0.546. The molecule has 0 aliphatic carbocycles. The van der Waals surface area contributed by atoms with Gasteiger partial charge in [0.05, 0.1) is 5.02 Å². The van der Waals surface area contributed by atoms with E-state index < -0.39 is 0 Å². The molecule has 94 valence electrons.